The van der Waals surface area contributed by atoms with E-state index in [4.69, 9.17) is 5.11 Å². The lowest BCUT2D eigenvalue weighted by Crippen LogP contribution is -1.68. The predicted octanol–water partition coefficient (Wildman–Crippen LogP) is 3.51. The van der Waals surface area contributed by atoms with Gasteiger partial charge >= 0.3 is 0 Å². The van der Waals surface area contributed by atoms with Gasteiger partial charge in [0.25, 0.3) is 0 Å². The molecule has 0 aliphatic rings. The number of benzene rings is 2. The molecule has 4 heteroatoms. The van der Waals surface area contributed by atoms with Crippen LogP contribution in [-0.2, 0) is 0 Å². The zero-order chi connectivity index (χ0) is 11.4. The maximum Gasteiger partial charge on any atom is 0.146 e. The molecule has 4 nitrogen and oxygen atoms in total. The number of aromatic hydroxyl groups is 2. The fraction of sp³-hybridized carbons (Fsp3) is 0. The first-order valence-electron chi connectivity index (χ1n) is 4.74. The lowest BCUT2D eigenvalue weighted by atomic mass is 10.3. The van der Waals surface area contributed by atoms with Crippen molar-refractivity contribution < 1.29 is 10.2 Å². The van der Waals surface area contributed by atoms with E-state index in [0.717, 1.165) is 0 Å². The van der Waals surface area contributed by atoms with Crippen molar-refractivity contribution in [1.29, 1.82) is 0 Å². The lowest BCUT2D eigenvalue weighted by molar-refractivity contribution is 0.451. The Labute approximate surface area is 92.5 Å². The molecule has 0 saturated carbocycles. The molecule has 0 bridgehead atoms. The van der Waals surface area contributed by atoms with Crippen LogP contribution >= 0.6 is 0 Å². The van der Waals surface area contributed by atoms with E-state index in [1.807, 2.05) is 18.2 Å². The first kappa shape index (κ1) is 10.2. The summed E-state index contributed by atoms with van der Waals surface area (Å²) >= 11 is 0. The number of nitrogens with zero attached hydrogens (tertiary/aromatic N) is 2. The van der Waals surface area contributed by atoms with Gasteiger partial charge in [-0.05, 0) is 24.3 Å². The van der Waals surface area contributed by atoms with E-state index >= 15 is 0 Å². The number of hydrogen-bond donors (Lipinski definition) is 2. The smallest absolute Gasteiger partial charge is 0.146 e. The van der Waals surface area contributed by atoms with E-state index < -0.39 is 0 Å². The molecule has 2 N–H and O–H groups in total. The molecular weight excluding hydrogens is 204 g/mol. The maximum absolute atomic E-state index is 9.46. The predicted molar refractivity (Wildman–Crippen MR) is 60.4 cm³/mol. The van der Waals surface area contributed by atoms with Gasteiger partial charge in [-0.3, -0.25) is 0 Å². The Morgan fingerprint density at radius 3 is 2.25 bits per heavy atom. The monoisotopic (exact) mass is 214 g/mol. The highest BCUT2D eigenvalue weighted by Gasteiger charge is 2.00. The van der Waals surface area contributed by atoms with Gasteiger partial charge in [0.05, 0.1) is 5.69 Å². The van der Waals surface area contributed by atoms with Gasteiger partial charge in [-0.1, -0.05) is 18.2 Å². The second-order valence-corrected chi connectivity index (χ2v) is 3.21. The van der Waals surface area contributed by atoms with Gasteiger partial charge in [0.2, 0.25) is 0 Å². The Bertz CT molecular complexity index is 510. The van der Waals surface area contributed by atoms with Crippen molar-refractivity contribution in [3.63, 3.8) is 0 Å². The van der Waals surface area contributed by atoms with E-state index in [-0.39, 0.29) is 11.5 Å². The van der Waals surface area contributed by atoms with Gasteiger partial charge in [-0.25, -0.2) is 0 Å². The van der Waals surface area contributed by atoms with E-state index in [1.165, 1.54) is 18.2 Å². The highest BCUT2D eigenvalue weighted by molar-refractivity contribution is 5.53. The van der Waals surface area contributed by atoms with Crippen LogP contribution in [0.5, 0.6) is 11.5 Å². The average Bonchev–Trinajstić information content (AvgIpc) is 2.29. The zero-order valence-electron chi connectivity index (χ0n) is 8.41. The molecule has 0 fully saturated rings. The number of phenols is 2. The Balaban J connectivity index is 2.24. The largest absolute Gasteiger partial charge is 0.508 e. The van der Waals surface area contributed by atoms with Crippen LogP contribution in [0.1, 0.15) is 0 Å². The highest BCUT2D eigenvalue weighted by Crippen LogP contribution is 2.30. The standard InChI is InChI=1S/C12H10N2O2/c15-10-6-7-11(12(16)8-10)14-13-9-4-2-1-3-5-9/h1-8,15-16H. The van der Waals surface area contributed by atoms with Crippen LogP contribution in [0.2, 0.25) is 0 Å². The van der Waals surface area contributed by atoms with Gasteiger partial charge in [-0.2, -0.15) is 5.11 Å². The minimum Gasteiger partial charge on any atom is -0.508 e. The van der Waals surface area contributed by atoms with Crippen LogP contribution in [0.15, 0.2) is 58.8 Å². The Hall–Kier alpha value is -2.36. The van der Waals surface area contributed by atoms with Crippen LogP contribution < -0.4 is 0 Å². The summed E-state index contributed by atoms with van der Waals surface area (Å²) in [5.74, 6) is -0.101. The molecule has 0 aromatic heterocycles. The second-order valence-electron chi connectivity index (χ2n) is 3.21. The molecule has 2 rings (SSSR count). The molecule has 2 aromatic carbocycles. The summed E-state index contributed by atoms with van der Waals surface area (Å²) in [5, 5.41) is 26.4. The van der Waals surface area contributed by atoms with Crippen LogP contribution in [0.25, 0.3) is 0 Å². The Kier molecular flexibility index (Phi) is 2.82. The molecular formula is C12H10N2O2. The molecule has 0 amide bonds. The van der Waals surface area contributed by atoms with E-state index in [0.29, 0.717) is 11.4 Å². The number of azo groups is 1. The Morgan fingerprint density at radius 1 is 0.812 bits per heavy atom. The van der Waals surface area contributed by atoms with Crippen molar-refractivity contribution in [2.24, 2.45) is 10.2 Å². The van der Waals surface area contributed by atoms with Crippen molar-refractivity contribution in [2.75, 3.05) is 0 Å². The van der Waals surface area contributed by atoms with Crippen molar-refractivity contribution in [2.45, 2.75) is 0 Å². The molecule has 0 aliphatic heterocycles. The SMILES string of the molecule is Oc1ccc(N=Nc2ccccc2)c(O)c1. The topological polar surface area (TPSA) is 65.2 Å². The summed E-state index contributed by atoms with van der Waals surface area (Å²) in [6, 6.07) is 13.4. The molecule has 2 aromatic rings. The third kappa shape index (κ3) is 2.36. The van der Waals surface area contributed by atoms with Crippen LogP contribution in [-0.4, -0.2) is 10.2 Å². The summed E-state index contributed by atoms with van der Waals surface area (Å²) in [5.41, 5.74) is 1.02. The zero-order valence-corrected chi connectivity index (χ0v) is 8.41. The van der Waals surface area contributed by atoms with Gasteiger partial charge in [-0.15, -0.1) is 5.11 Å². The summed E-state index contributed by atoms with van der Waals surface area (Å²) in [6.07, 6.45) is 0. The normalized spacial score (nSPS) is 10.8. The van der Waals surface area contributed by atoms with Crippen molar-refractivity contribution >= 4 is 11.4 Å². The first-order valence-corrected chi connectivity index (χ1v) is 4.74. The number of rotatable bonds is 2. The molecule has 0 spiro atoms. The quantitative estimate of drug-likeness (QED) is 0.751. The maximum atomic E-state index is 9.46. The van der Waals surface area contributed by atoms with Crippen molar-refractivity contribution in [1.82, 2.24) is 0 Å². The number of phenolic OH excluding ortho intramolecular Hbond substituents is 2. The van der Waals surface area contributed by atoms with Crippen LogP contribution in [0, 0.1) is 0 Å². The molecule has 0 heterocycles. The molecule has 0 aliphatic carbocycles. The fourth-order valence-electron chi connectivity index (χ4n) is 1.20. The lowest BCUT2D eigenvalue weighted by Gasteiger charge is -1.97. The average molecular weight is 214 g/mol. The second kappa shape index (κ2) is 4.44. The molecule has 80 valence electrons. The number of hydrogen-bond acceptors (Lipinski definition) is 4. The summed E-state index contributed by atoms with van der Waals surface area (Å²) < 4.78 is 0. The third-order valence-corrected chi connectivity index (χ3v) is 1.99. The van der Waals surface area contributed by atoms with Crippen molar-refractivity contribution in [3.8, 4) is 11.5 Å². The highest BCUT2D eigenvalue weighted by atomic mass is 16.3. The first-order chi connectivity index (χ1) is 7.75. The van der Waals surface area contributed by atoms with Gasteiger partial charge in [0.15, 0.2) is 0 Å². The molecule has 0 atom stereocenters. The fourth-order valence-corrected chi connectivity index (χ4v) is 1.20. The summed E-state index contributed by atoms with van der Waals surface area (Å²) in [4.78, 5) is 0. The van der Waals surface area contributed by atoms with Crippen LogP contribution in [0.3, 0.4) is 0 Å². The molecule has 16 heavy (non-hydrogen) atoms. The molecule has 0 radical (unpaired) electrons. The van der Waals surface area contributed by atoms with E-state index in [1.54, 1.807) is 12.1 Å². The Morgan fingerprint density at radius 2 is 1.56 bits per heavy atom. The van der Waals surface area contributed by atoms with E-state index in [2.05, 4.69) is 10.2 Å². The summed E-state index contributed by atoms with van der Waals surface area (Å²) in [6.45, 7) is 0. The molecule has 0 saturated heterocycles. The summed E-state index contributed by atoms with van der Waals surface area (Å²) in [7, 11) is 0. The minimum absolute atomic E-state index is 0.00355. The van der Waals surface area contributed by atoms with Gasteiger partial charge in [0.1, 0.15) is 17.2 Å². The van der Waals surface area contributed by atoms with Crippen LogP contribution in [0.4, 0.5) is 11.4 Å². The van der Waals surface area contributed by atoms with E-state index in [9.17, 15) is 5.11 Å². The third-order valence-electron chi connectivity index (χ3n) is 1.99. The van der Waals surface area contributed by atoms with Gasteiger partial charge < -0.3 is 10.2 Å². The minimum atomic E-state index is -0.0975. The van der Waals surface area contributed by atoms with Gasteiger partial charge in [0, 0.05) is 6.07 Å². The van der Waals surface area contributed by atoms with Crippen molar-refractivity contribution in [3.05, 3.63) is 48.5 Å². The molecule has 0 unspecified atom stereocenters.